The van der Waals surface area contributed by atoms with Gasteiger partial charge < -0.3 is 4.90 Å². The molecule has 1 saturated carbocycles. The Bertz CT molecular complexity index is 865. The Morgan fingerprint density at radius 2 is 1.70 bits per heavy atom. The normalized spacial score (nSPS) is 20.6. The molecule has 1 aliphatic heterocycles. The van der Waals surface area contributed by atoms with Crippen molar-refractivity contribution in [1.29, 1.82) is 0 Å². The fourth-order valence-electron chi connectivity index (χ4n) is 6.53. The molecule has 2 rings (SSSR count). The minimum absolute atomic E-state index is 0.265. The lowest BCUT2D eigenvalue weighted by Crippen LogP contribution is -2.47. The van der Waals surface area contributed by atoms with E-state index in [0.29, 0.717) is 11.3 Å². The Morgan fingerprint density at radius 3 is 2.19 bits per heavy atom. The van der Waals surface area contributed by atoms with Gasteiger partial charge >= 0.3 is 0 Å². The van der Waals surface area contributed by atoms with Crippen molar-refractivity contribution in [3.05, 3.63) is 60.5 Å². The topological polar surface area (TPSA) is 18.8 Å². The first-order valence-electron chi connectivity index (χ1n) is 14.8. The number of hydrogen-bond acceptors (Lipinski definition) is 3. The highest BCUT2D eigenvalue weighted by Gasteiger charge is 2.30. The lowest BCUT2D eigenvalue weighted by atomic mass is 9.70. The van der Waals surface area contributed by atoms with Crippen LogP contribution in [0.1, 0.15) is 93.9 Å². The molecule has 1 unspecified atom stereocenters. The second-order valence-corrected chi connectivity index (χ2v) is 13.4. The van der Waals surface area contributed by atoms with Crippen LogP contribution in [0.5, 0.6) is 0 Å². The van der Waals surface area contributed by atoms with E-state index in [2.05, 4.69) is 84.4 Å². The number of hydrogen-bond donors (Lipinski definition) is 0. The van der Waals surface area contributed by atoms with Crippen molar-refractivity contribution in [2.75, 3.05) is 32.7 Å². The standard InChI is InChI=1S/C34H57N3/c1-11-14-18-35-32(13-3)30(12-2)23-31(27(4)24-34(9,10)26-33(6,7)8)28(5)37-21-19-36(20-22-37)25-29-16-15-17-29/h11-12,14,18,23,27,29H,1-2,13,15-17,19-22,24-26H2,3-10H3/b18-14-,30-23+,31-28-,35-32-. The summed E-state index contributed by atoms with van der Waals surface area (Å²) in [6.45, 7) is 32.8. The van der Waals surface area contributed by atoms with Gasteiger partial charge in [0.1, 0.15) is 0 Å². The van der Waals surface area contributed by atoms with Gasteiger partial charge in [0.15, 0.2) is 0 Å². The van der Waals surface area contributed by atoms with Crippen molar-refractivity contribution in [3.63, 3.8) is 0 Å². The van der Waals surface area contributed by atoms with Crippen LogP contribution in [0.4, 0.5) is 0 Å². The molecule has 1 atom stereocenters. The maximum atomic E-state index is 4.74. The molecular weight excluding hydrogens is 450 g/mol. The third kappa shape index (κ3) is 10.4. The van der Waals surface area contributed by atoms with Gasteiger partial charge in [0.05, 0.1) is 0 Å². The van der Waals surface area contributed by atoms with Crippen molar-refractivity contribution in [2.45, 2.75) is 93.9 Å². The van der Waals surface area contributed by atoms with E-state index < -0.39 is 0 Å². The Morgan fingerprint density at radius 1 is 1.05 bits per heavy atom. The molecule has 0 radical (unpaired) electrons. The maximum Gasteiger partial charge on any atom is 0.0472 e. The number of aliphatic imine (C=N–C) groups is 1. The van der Waals surface area contributed by atoms with E-state index in [9.17, 15) is 0 Å². The van der Waals surface area contributed by atoms with Gasteiger partial charge in [0.25, 0.3) is 0 Å². The molecule has 2 fully saturated rings. The zero-order valence-electron chi connectivity index (χ0n) is 25.6. The highest BCUT2D eigenvalue weighted by atomic mass is 15.3. The Balaban J connectivity index is 2.37. The molecule has 2 aliphatic rings. The molecule has 1 aliphatic carbocycles. The second kappa shape index (κ2) is 14.3. The third-order valence-corrected chi connectivity index (χ3v) is 8.06. The van der Waals surface area contributed by atoms with Crippen LogP contribution in [-0.4, -0.2) is 48.2 Å². The Kier molecular flexibility index (Phi) is 12.1. The number of nitrogens with zero attached hydrogens (tertiary/aromatic N) is 3. The van der Waals surface area contributed by atoms with E-state index >= 15 is 0 Å². The summed E-state index contributed by atoms with van der Waals surface area (Å²) < 4.78 is 0. The van der Waals surface area contributed by atoms with E-state index in [1.165, 1.54) is 56.6 Å². The van der Waals surface area contributed by atoms with Crippen LogP contribution < -0.4 is 0 Å². The summed E-state index contributed by atoms with van der Waals surface area (Å²) in [5.74, 6) is 1.39. The van der Waals surface area contributed by atoms with E-state index in [1.807, 2.05) is 18.4 Å². The lowest BCUT2D eigenvalue weighted by Gasteiger charge is -2.41. The molecule has 1 heterocycles. The highest BCUT2D eigenvalue weighted by molar-refractivity contribution is 6.03. The van der Waals surface area contributed by atoms with E-state index in [-0.39, 0.29) is 5.41 Å². The van der Waals surface area contributed by atoms with Crippen LogP contribution >= 0.6 is 0 Å². The van der Waals surface area contributed by atoms with Gasteiger partial charge in [-0.1, -0.05) is 80.2 Å². The van der Waals surface area contributed by atoms with Gasteiger partial charge in [0, 0.05) is 50.3 Å². The van der Waals surface area contributed by atoms with Gasteiger partial charge in [-0.05, 0) is 85.0 Å². The molecule has 208 valence electrons. The number of piperazine rings is 1. The first-order chi connectivity index (χ1) is 17.4. The summed E-state index contributed by atoms with van der Waals surface area (Å²) in [6, 6.07) is 0. The van der Waals surface area contributed by atoms with Crippen LogP contribution in [0.25, 0.3) is 0 Å². The fraction of sp³-hybridized carbons (Fsp3) is 0.676. The molecule has 0 N–H and O–H groups in total. The molecule has 0 amide bonds. The minimum atomic E-state index is 0.265. The average Bonchev–Trinajstić information content (AvgIpc) is 2.78. The van der Waals surface area contributed by atoms with Crippen LogP contribution in [0.15, 0.2) is 65.5 Å². The zero-order chi connectivity index (χ0) is 27.6. The van der Waals surface area contributed by atoms with E-state index in [4.69, 9.17) is 4.99 Å². The molecule has 3 nitrogen and oxygen atoms in total. The lowest BCUT2D eigenvalue weighted by molar-refractivity contribution is 0.116. The highest BCUT2D eigenvalue weighted by Crippen LogP contribution is 2.40. The molecule has 0 bridgehead atoms. The second-order valence-electron chi connectivity index (χ2n) is 13.4. The quantitative estimate of drug-likeness (QED) is 0.183. The molecule has 0 aromatic rings. The summed E-state index contributed by atoms with van der Waals surface area (Å²) in [7, 11) is 0. The molecular formula is C34H57N3. The first kappa shape index (κ1) is 31.3. The molecule has 3 heteroatoms. The monoisotopic (exact) mass is 507 g/mol. The van der Waals surface area contributed by atoms with Crippen molar-refractivity contribution in [1.82, 2.24) is 9.80 Å². The summed E-state index contributed by atoms with van der Waals surface area (Å²) in [5, 5.41) is 0. The smallest absolute Gasteiger partial charge is 0.0472 e. The minimum Gasteiger partial charge on any atom is -0.372 e. The molecule has 0 aromatic heterocycles. The SMILES string of the molecule is C=C\C=C/N=C(CC)\C(C=C)=C\C(=C(/C)N1CCN(CC2CCC2)CC1)C(C)CC(C)(C)CC(C)(C)C. The van der Waals surface area contributed by atoms with Crippen molar-refractivity contribution in [3.8, 4) is 0 Å². The zero-order valence-corrected chi connectivity index (χ0v) is 25.6. The van der Waals surface area contributed by atoms with Gasteiger partial charge in [-0.15, -0.1) is 0 Å². The van der Waals surface area contributed by atoms with Crippen LogP contribution in [0, 0.1) is 22.7 Å². The number of allylic oxidation sites excluding steroid dienone is 7. The first-order valence-corrected chi connectivity index (χ1v) is 14.8. The summed E-state index contributed by atoms with van der Waals surface area (Å²) in [5.41, 5.74) is 5.67. The predicted molar refractivity (Wildman–Crippen MR) is 165 cm³/mol. The van der Waals surface area contributed by atoms with Gasteiger partial charge in [-0.2, -0.15) is 0 Å². The van der Waals surface area contributed by atoms with Crippen molar-refractivity contribution >= 4 is 5.71 Å². The van der Waals surface area contributed by atoms with E-state index in [0.717, 1.165) is 43.1 Å². The van der Waals surface area contributed by atoms with Crippen molar-refractivity contribution < 1.29 is 0 Å². The van der Waals surface area contributed by atoms with Crippen LogP contribution in [-0.2, 0) is 0 Å². The number of rotatable bonds is 13. The predicted octanol–water partition coefficient (Wildman–Crippen LogP) is 8.83. The third-order valence-electron chi connectivity index (χ3n) is 8.06. The largest absolute Gasteiger partial charge is 0.372 e. The summed E-state index contributed by atoms with van der Waals surface area (Å²) in [4.78, 5) is 10.1. The molecule has 37 heavy (non-hydrogen) atoms. The molecule has 0 spiro atoms. The summed E-state index contributed by atoms with van der Waals surface area (Å²) in [6.07, 6.45) is 17.4. The fourth-order valence-corrected chi connectivity index (χ4v) is 6.53. The van der Waals surface area contributed by atoms with E-state index in [1.54, 1.807) is 6.08 Å². The Hall–Kier alpha value is -1.87. The van der Waals surface area contributed by atoms with Crippen LogP contribution in [0.2, 0.25) is 0 Å². The van der Waals surface area contributed by atoms with Crippen molar-refractivity contribution in [2.24, 2.45) is 27.7 Å². The average molecular weight is 508 g/mol. The molecule has 1 saturated heterocycles. The maximum absolute atomic E-state index is 4.74. The summed E-state index contributed by atoms with van der Waals surface area (Å²) >= 11 is 0. The van der Waals surface area contributed by atoms with Gasteiger partial charge in [-0.3, -0.25) is 9.89 Å². The van der Waals surface area contributed by atoms with Crippen LogP contribution in [0.3, 0.4) is 0 Å². The van der Waals surface area contributed by atoms with Gasteiger partial charge in [-0.25, -0.2) is 0 Å². The Labute approximate surface area is 230 Å². The van der Waals surface area contributed by atoms with Gasteiger partial charge in [0.2, 0.25) is 0 Å². The molecule has 0 aromatic carbocycles.